The van der Waals surface area contributed by atoms with E-state index < -0.39 is 23.1 Å². The summed E-state index contributed by atoms with van der Waals surface area (Å²) in [5, 5.41) is 20.3. The molecule has 0 amide bonds. The fourth-order valence-corrected chi connectivity index (χ4v) is 1.74. The molecule has 0 saturated carbocycles. The van der Waals surface area contributed by atoms with Gasteiger partial charge in [0.05, 0.1) is 10.5 Å². The highest BCUT2D eigenvalue weighted by Crippen LogP contribution is 2.32. The predicted octanol–water partition coefficient (Wildman–Crippen LogP) is 1.85. The molecule has 0 radical (unpaired) electrons. The van der Waals surface area contributed by atoms with E-state index in [2.05, 4.69) is 0 Å². The molecule has 1 rings (SSSR count). The first-order chi connectivity index (χ1) is 7.64. The molecule has 17 heavy (non-hydrogen) atoms. The minimum atomic E-state index is -0.933. The third-order valence-electron chi connectivity index (χ3n) is 2.52. The van der Waals surface area contributed by atoms with Crippen molar-refractivity contribution in [3.8, 4) is 0 Å². The average Bonchev–Trinajstić information content (AvgIpc) is 2.13. The van der Waals surface area contributed by atoms with Gasteiger partial charge >= 0.3 is 6.92 Å². The highest BCUT2D eigenvalue weighted by Gasteiger charge is 2.30. The zero-order valence-corrected chi connectivity index (χ0v) is 10.3. The summed E-state index contributed by atoms with van der Waals surface area (Å²) in [6.07, 6.45) is 0. The van der Waals surface area contributed by atoms with Crippen molar-refractivity contribution in [3.63, 3.8) is 0 Å². The summed E-state index contributed by atoms with van der Waals surface area (Å²) >= 11 is 0. The van der Waals surface area contributed by atoms with Crippen LogP contribution in [0.5, 0.6) is 0 Å². The van der Waals surface area contributed by atoms with Gasteiger partial charge < -0.3 is 5.02 Å². The maximum Gasteiger partial charge on any atom is 0.320 e. The largest absolute Gasteiger partial charge is 0.446 e. The molecule has 0 bridgehead atoms. The van der Waals surface area contributed by atoms with Crippen LogP contribution in [0.3, 0.4) is 0 Å². The average molecular weight is 239 g/mol. The maximum absolute atomic E-state index is 13.9. The zero-order valence-electron chi connectivity index (χ0n) is 10.3. The summed E-state index contributed by atoms with van der Waals surface area (Å²) in [6, 6.07) is 2.38. The highest BCUT2D eigenvalue weighted by atomic mass is 19.1. The molecular weight excluding hydrogens is 224 g/mol. The van der Waals surface area contributed by atoms with Gasteiger partial charge in [-0.15, -0.1) is 0 Å². The van der Waals surface area contributed by atoms with E-state index in [1.165, 1.54) is 12.9 Å². The van der Waals surface area contributed by atoms with Crippen LogP contribution in [0.25, 0.3) is 0 Å². The van der Waals surface area contributed by atoms with Gasteiger partial charge in [0, 0.05) is 6.07 Å². The number of benzene rings is 1. The number of nitro benzene ring substituents is 1. The molecule has 0 aliphatic heterocycles. The van der Waals surface area contributed by atoms with Gasteiger partial charge in [-0.05, 0) is 16.9 Å². The van der Waals surface area contributed by atoms with Crippen LogP contribution in [0.2, 0.25) is 6.82 Å². The molecule has 0 fully saturated rings. The monoisotopic (exact) mass is 239 g/mol. The molecule has 0 atom stereocenters. The number of hydrogen-bond acceptors (Lipinski definition) is 3. The molecule has 4 nitrogen and oxygen atoms in total. The van der Waals surface area contributed by atoms with E-state index in [9.17, 15) is 19.5 Å². The van der Waals surface area contributed by atoms with E-state index in [1.807, 2.05) is 0 Å². The van der Waals surface area contributed by atoms with E-state index >= 15 is 0 Å². The Morgan fingerprint density at radius 3 is 2.29 bits per heavy atom. The van der Waals surface area contributed by atoms with Gasteiger partial charge in [0.15, 0.2) is 0 Å². The third-order valence-corrected chi connectivity index (χ3v) is 2.52. The Kier molecular flexibility index (Phi) is 3.57. The predicted molar refractivity (Wildman–Crippen MR) is 65.2 cm³/mol. The van der Waals surface area contributed by atoms with Crippen molar-refractivity contribution in [3.05, 3.63) is 33.6 Å². The van der Waals surface area contributed by atoms with Crippen LogP contribution in [-0.2, 0) is 5.41 Å². The fraction of sp³-hybridized carbons (Fsp3) is 0.455. The van der Waals surface area contributed by atoms with Crippen molar-refractivity contribution in [2.45, 2.75) is 33.0 Å². The van der Waals surface area contributed by atoms with Crippen molar-refractivity contribution in [1.29, 1.82) is 0 Å². The molecule has 1 N–H and O–H groups in total. The van der Waals surface area contributed by atoms with E-state index in [4.69, 9.17) is 0 Å². The summed E-state index contributed by atoms with van der Waals surface area (Å²) in [5.41, 5.74) is -0.675. The van der Waals surface area contributed by atoms with Gasteiger partial charge in [-0.3, -0.25) is 10.1 Å². The van der Waals surface area contributed by atoms with Gasteiger partial charge in [-0.1, -0.05) is 27.6 Å². The van der Waals surface area contributed by atoms with Gasteiger partial charge in [-0.25, -0.2) is 4.39 Å². The highest BCUT2D eigenvalue weighted by molar-refractivity contribution is 6.64. The van der Waals surface area contributed by atoms with E-state index in [0.717, 1.165) is 6.07 Å². The van der Waals surface area contributed by atoms with Crippen molar-refractivity contribution in [2.24, 2.45) is 0 Å². The molecule has 92 valence electrons. The van der Waals surface area contributed by atoms with Crippen LogP contribution in [-0.4, -0.2) is 16.9 Å². The quantitative estimate of drug-likeness (QED) is 0.486. The first kappa shape index (κ1) is 13.6. The van der Waals surface area contributed by atoms with E-state index in [1.54, 1.807) is 20.8 Å². The maximum atomic E-state index is 13.9. The van der Waals surface area contributed by atoms with Crippen LogP contribution in [0.15, 0.2) is 12.1 Å². The summed E-state index contributed by atoms with van der Waals surface area (Å²) < 4.78 is 13.9. The van der Waals surface area contributed by atoms with Gasteiger partial charge in [0.25, 0.3) is 5.69 Å². The number of nitrogens with zero attached hydrogens (tertiary/aromatic N) is 1. The smallest absolute Gasteiger partial charge is 0.320 e. The minimum absolute atomic E-state index is 0.0619. The van der Waals surface area contributed by atoms with Gasteiger partial charge in [-0.2, -0.15) is 0 Å². The second-order valence-electron chi connectivity index (χ2n) is 5.08. The lowest BCUT2D eigenvalue weighted by Crippen LogP contribution is -2.29. The Bertz CT molecular complexity index is 455. The van der Waals surface area contributed by atoms with E-state index in [0.29, 0.717) is 0 Å². The van der Waals surface area contributed by atoms with Crippen LogP contribution in [0.4, 0.5) is 10.1 Å². The molecule has 0 aliphatic rings. The number of halogens is 1. The zero-order chi connectivity index (χ0) is 13.4. The molecular formula is C11H15BFNO3. The van der Waals surface area contributed by atoms with E-state index in [-0.39, 0.29) is 16.7 Å². The Labute approximate surface area is 99.7 Å². The fourth-order valence-electron chi connectivity index (χ4n) is 1.74. The van der Waals surface area contributed by atoms with Crippen molar-refractivity contribution in [2.75, 3.05) is 0 Å². The molecule has 0 spiro atoms. The Hall–Kier alpha value is -1.43. The molecule has 1 aromatic carbocycles. The second kappa shape index (κ2) is 4.45. The topological polar surface area (TPSA) is 63.4 Å². The normalized spacial score (nSPS) is 11.4. The van der Waals surface area contributed by atoms with Gasteiger partial charge in [0.1, 0.15) is 5.82 Å². The second-order valence-corrected chi connectivity index (χ2v) is 5.08. The van der Waals surface area contributed by atoms with Crippen LogP contribution in [0.1, 0.15) is 26.3 Å². The lowest BCUT2D eigenvalue weighted by atomic mass is 9.63. The van der Waals surface area contributed by atoms with Crippen molar-refractivity contribution in [1.82, 2.24) is 0 Å². The lowest BCUT2D eigenvalue weighted by Gasteiger charge is -2.20. The molecule has 6 heteroatoms. The number of rotatable bonds is 2. The summed E-state index contributed by atoms with van der Waals surface area (Å²) in [6.45, 7) is 5.63. The van der Waals surface area contributed by atoms with Crippen LogP contribution < -0.4 is 5.46 Å². The summed E-state index contributed by atoms with van der Waals surface area (Å²) in [7, 11) is 0. The Morgan fingerprint density at radius 1 is 1.41 bits per heavy atom. The Morgan fingerprint density at radius 2 is 1.94 bits per heavy atom. The Balaban J connectivity index is 3.56. The third kappa shape index (κ3) is 2.82. The van der Waals surface area contributed by atoms with Crippen LogP contribution in [0, 0.1) is 15.9 Å². The lowest BCUT2D eigenvalue weighted by molar-refractivity contribution is -0.386. The molecule has 0 aliphatic carbocycles. The van der Waals surface area contributed by atoms with Crippen LogP contribution >= 0.6 is 0 Å². The first-order valence-corrected chi connectivity index (χ1v) is 5.31. The summed E-state index contributed by atoms with van der Waals surface area (Å²) in [5.74, 6) is -0.650. The molecule has 0 saturated heterocycles. The molecule has 0 unspecified atom stereocenters. The van der Waals surface area contributed by atoms with Crippen molar-refractivity contribution < 1.29 is 14.3 Å². The number of nitro groups is 1. The van der Waals surface area contributed by atoms with Crippen molar-refractivity contribution >= 4 is 18.1 Å². The molecule has 1 aromatic rings. The molecule has 0 heterocycles. The summed E-state index contributed by atoms with van der Waals surface area (Å²) in [4.78, 5) is 10.3. The minimum Gasteiger partial charge on any atom is -0.446 e. The standard InChI is InChI=1S/C11H15BFNO3/c1-11(2,3)10-8(13)5-7(12(4)15)6-9(10)14(16)17/h5-6,15H,1-4H3. The first-order valence-electron chi connectivity index (χ1n) is 5.31. The SMILES string of the molecule is CB(O)c1cc(F)c(C(C)(C)C)c([N+](=O)[O-])c1. The van der Waals surface area contributed by atoms with Gasteiger partial charge in [0.2, 0.25) is 0 Å². The molecule has 0 aromatic heterocycles. The number of hydrogen-bond donors (Lipinski definition) is 1.